The summed E-state index contributed by atoms with van der Waals surface area (Å²) in [5, 5.41) is 2.90. The Morgan fingerprint density at radius 1 is 1.00 bits per heavy atom. The molecule has 0 aliphatic carbocycles. The van der Waals surface area contributed by atoms with Gasteiger partial charge in [-0.2, -0.15) is 0 Å². The monoisotopic (exact) mass is 442 g/mol. The van der Waals surface area contributed by atoms with E-state index in [2.05, 4.69) is 5.32 Å². The second-order valence-corrected chi connectivity index (χ2v) is 7.67. The van der Waals surface area contributed by atoms with E-state index in [1.807, 2.05) is 31.2 Å². The molecule has 1 aromatic carbocycles. The van der Waals surface area contributed by atoms with E-state index in [1.165, 1.54) is 14.2 Å². The number of methoxy groups -OCH3 is 2. The number of hydrogen-bond acceptors (Lipinski definition) is 8. The Bertz CT molecular complexity index is 1000. The molecule has 0 aromatic heterocycles. The third-order valence-corrected chi connectivity index (χ3v) is 5.62. The number of dihydropyridines is 1. The molecule has 0 saturated carbocycles. The third-order valence-electron chi connectivity index (χ3n) is 5.62. The molecule has 1 aromatic rings. The lowest BCUT2D eigenvalue weighted by atomic mass is 9.85. The smallest absolute Gasteiger partial charge is 0.336 e. The van der Waals surface area contributed by atoms with Gasteiger partial charge in [-0.25, -0.2) is 9.59 Å². The molecule has 1 N–H and O–H groups in total. The minimum Gasteiger partial charge on any atom is -0.466 e. The van der Waals surface area contributed by atoms with Crippen LogP contribution < -0.4 is 10.2 Å². The van der Waals surface area contributed by atoms with E-state index in [0.29, 0.717) is 17.8 Å². The second-order valence-electron chi connectivity index (χ2n) is 7.67. The van der Waals surface area contributed by atoms with Gasteiger partial charge in [-0.1, -0.05) is 18.2 Å². The van der Waals surface area contributed by atoms with Gasteiger partial charge in [-0.05, 0) is 38.8 Å². The molecule has 2 heterocycles. The van der Waals surface area contributed by atoms with Gasteiger partial charge in [-0.3, -0.25) is 9.59 Å². The lowest BCUT2D eigenvalue weighted by Gasteiger charge is -2.28. The number of allylic oxidation sites excluding steroid dienone is 2. The Balaban J connectivity index is 1.85. The maximum atomic E-state index is 13.1. The average Bonchev–Trinajstić information content (AvgIpc) is 3.11. The fourth-order valence-corrected chi connectivity index (χ4v) is 4.22. The number of hydrogen-bond donors (Lipinski definition) is 1. The number of nitrogens with one attached hydrogen (secondary N) is 1. The van der Waals surface area contributed by atoms with Gasteiger partial charge in [0.15, 0.2) is 6.61 Å². The highest BCUT2D eigenvalue weighted by Crippen LogP contribution is 2.34. The molecule has 9 nitrogen and oxygen atoms in total. The number of benzene rings is 1. The van der Waals surface area contributed by atoms with Crippen LogP contribution in [0.1, 0.15) is 26.3 Å². The van der Waals surface area contributed by atoms with Gasteiger partial charge in [0.05, 0.1) is 25.4 Å². The van der Waals surface area contributed by atoms with E-state index < -0.39 is 36.3 Å². The first-order chi connectivity index (χ1) is 15.2. The zero-order chi connectivity index (χ0) is 23.6. The summed E-state index contributed by atoms with van der Waals surface area (Å²) in [5.41, 5.74) is 2.36. The standard InChI is InChI=1S/C23H26N2O7/c1-12-10-15-8-6-7-9-16(15)25(12)17(26)11-32-23(29)20-18(21(27)30-4)13(2)24-14(3)19(20)22(28)31-5/h6-9,12,20,24H,10-11H2,1-5H3/t12-/m1/s1. The molecular weight excluding hydrogens is 416 g/mol. The zero-order valence-electron chi connectivity index (χ0n) is 18.7. The number of ether oxygens (including phenoxy) is 3. The fourth-order valence-electron chi connectivity index (χ4n) is 4.22. The van der Waals surface area contributed by atoms with Crippen molar-refractivity contribution in [3.05, 3.63) is 52.4 Å². The summed E-state index contributed by atoms with van der Waals surface area (Å²) >= 11 is 0. The molecular formula is C23H26N2O7. The number of rotatable bonds is 5. The van der Waals surface area contributed by atoms with E-state index in [1.54, 1.807) is 18.7 Å². The molecule has 0 bridgehead atoms. The first kappa shape index (κ1) is 23.1. The Morgan fingerprint density at radius 3 is 2.12 bits per heavy atom. The van der Waals surface area contributed by atoms with E-state index in [-0.39, 0.29) is 17.2 Å². The predicted molar refractivity (Wildman–Crippen MR) is 114 cm³/mol. The van der Waals surface area contributed by atoms with Crippen LogP contribution in [0.4, 0.5) is 5.69 Å². The van der Waals surface area contributed by atoms with Crippen molar-refractivity contribution in [3.63, 3.8) is 0 Å². The number of carbonyl (C=O) groups excluding carboxylic acids is 4. The first-order valence-corrected chi connectivity index (χ1v) is 10.1. The molecule has 0 spiro atoms. The molecule has 9 heteroatoms. The van der Waals surface area contributed by atoms with Crippen molar-refractivity contribution >= 4 is 29.5 Å². The summed E-state index contributed by atoms with van der Waals surface area (Å²) in [7, 11) is 2.34. The van der Waals surface area contributed by atoms with Gasteiger partial charge in [0.1, 0.15) is 5.92 Å². The summed E-state index contributed by atoms with van der Waals surface area (Å²) in [6.07, 6.45) is 0.701. The van der Waals surface area contributed by atoms with Crippen LogP contribution in [-0.2, 0) is 39.8 Å². The molecule has 1 atom stereocenters. The van der Waals surface area contributed by atoms with Crippen molar-refractivity contribution in [1.82, 2.24) is 5.32 Å². The topological polar surface area (TPSA) is 111 Å². The SMILES string of the molecule is COC(=O)C1=C(C)NC(C)=C(C(=O)OC)C1C(=O)OCC(=O)N1c2ccccc2C[C@H]1C. The summed E-state index contributed by atoms with van der Waals surface area (Å²) in [5.74, 6) is -4.28. The largest absolute Gasteiger partial charge is 0.466 e. The van der Waals surface area contributed by atoms with Crippen LogP contribution in [0.5, 0.6) is 0 Å². The maximum absolute atomic E-state index is 13.1. The number of fused-ring (bicyclic) bond motifs is 1. The lowest BCUT2D eigenvalue weighted by molar-refractivity contribution is -0.153. The van der Waals surface area contributed by atoms with Crippen LogP contribution in [-0.4, -0.2) is 50.7 Å². The Hall–Kier alpha value is -3.62. The molecule has 1 amide bonds. The Morgan fingerprint density at radius 2 is 1.56 bits per heavy atom. The van der Waals surface area contributed by atoms with Crippen molar-refractivity contribution in [2.45, 2.75) is 33.2 Å². The highest BCUT2D eigenvalue weighted by molar-refractivity contribution is 6.06. The Labute approximate surface area is 186 Å². The number of nitrogens with zero attached hydrogens (tertiary/aromatic N) is 1. The first-order valence-electron chi connectivity index (χ1n) is 10.1. The van der Waals surface area contributed by atoms with Gasteiger partial charge >= 0.3 is 17.9 Å². The molecule has 2 aliphatic rings. The molecule has 170 valence electrons. The van der Waals surface area contributed by atoms with Crippen LogP contribution >= 0.6 is 0 Å². The van der Waals surface area contributed by atoms with Crippen molar-refractivity contribution < 1.29 is 33.4 Å². The number of anilines is 1. The zero-order valence-corrected chi connectivity index (χ0v) is 18.7. The number of amides is 1. The molecule has 0 unspecified atom stereocenters. The van der Waals surface area contributed by atoms with Crippen molar-refractivity contribution in [3.8, 4) is 0 Å². The molecule has 0 saturated heterocycles. The van der Waals surface area contributed by atoms with E-state index in [9.17, 15) is 19.2 Å². The minimum atomic E-state index is -1.38. The predicted octanol–water partition coefficient (Wildman–Crippen LogP) is 1.62. The lowest BCUT2D eigenvalue weighted by Crippen LogP contribution is -2.41. The molecule has 3 rings (SSSR count). The summed E-state index contributed by atoms with van der Waals surface area (Å²) in [4.78, 5) is 52.4. The van der Waals surface area contributed by atoms with Gasteiger partial charge < -0.3 is 24.4 Å². The number of para-hydroxylation sites is 1. The Kier molecular flexibility index (Phi) is 6.67. The summed E-state index contributed by atoms with van der Waals surface area (Å²) in [6, 6.07) is 7.45. The van der Waals surface area contributed by atoms with Crippen LogP contribution in [0.2, 0.25) is 0 Å². The molecule has 0 radical (unpaired) electrons. The van der Waals surface area contributed by atoms with Gasteiger partial charge in [-0.15, -0.1) is 0 Å². The number of esters is 3. The average molecular weight is 442 g/mol. The second kappa shape index (κ2) is 9.25. The van der Waals surface area contributed by atoms with Gasteiger partial charge in [0.2, 0.25) is 0 Å². The van der Waals surface area contributed by atoms with Crippen LogP contribution in [0.15, 0.2) is 46.8 Å². The number of carbonyl (C=O) groups is 4. The van der Waals surface area contributed by atoms with Crippen molar-refractivity contribution in [2.75, 3.05) is 25.7 Å². The van der Waals surface area contributed by atoms with Crippen LogP contribution in [0, 0.1) is 5.92 Å². The fraction of sp³-hybridized carbons (Fsp3) is 0.391. The van der Waals surface area contributed by atoms with Gasteiger partial charge in [0, 0.05) is 23.1 Å². The van der Waals surface area contributed by atoms with Crippen molar-refractivity contribution in [2.24, 2.45) is 5.92 Å². The molecule has 0 fully saturated rings. The summed E-state index contributed by atoms with van der Waals surface area (Å²) < 4.78 is 14.9. The van der Waals surface area contributed by atoms with E-state index in [0.717, 1.165) is 11.3 Å². The van der Waals surface area contributed by atoms with Crippen LogP contribution in [0.3, 0.4) is 0 Å². The van der Waals surface area contributed by atoms with E-state index >= 15 is 0 Å². The normalized spacial score (nSPS) is 18.2. The van der Waals surface area contributed by atoms with E-state index in [4.69, 9.17) is 14.2 Å². The van der Waals surface area contributed by atoms with Crippen LogP contribution in [0.25, 0.3) is 0 Å². The van der Waals surface area contributed by atoms with Crippen molar-refractivity contribution in [1.29, 1.82) is 0 Å². The summed E-state index contributed by atoms with van der Waals surface area (Å²) in [6.45, 7) is 4.54. The minimum absolute atomic E-state index is 0.0733. The highest BCUT2D eigenvalue weighted by Gasteiger charge is 2.42. The quantitative estimate of drug-likeness (QED) is 0.541. The third kappa shape index (κ3) is 4.10. The molecule has 32 heavy (non-hydrogen) atoms. The highest BCUT2D eigenvalue weighted by atomic mass is 16.5. The molecule has 2 aliphatic heterocycles. The maximum Gasteiger partial charge on any atom is 0.336 e. The van der Waals surface area contributed by atoms with Gasteiger partial charge in [0.25, 0.3) is 5.91 Å².